The Morgan fingerprint density at radius 1 is 1.20 bits per heavy atom. The second kappa shape index (κ2) is 6.81. The van der Waals surface area contributed by atoms with Crippen molar-refractivity contribution in [1.29, 1.82) is 0 Å². The summed E-state index contributed by atoms with van der Waals surface area (Å²) < 4.78 is 29.2. The van der Waals surface area contributed by atoms with Crippen molar-refractivity contribution in [3.63, 3.8) is 0 Å². The van der Waals surface area contributed by atoms with Crippen LogP contribution in [0, 0.1) is 6.92 Å². The van der Waals surface area contributed by atoms with Crippen LogP contribution in [0.2, 0.25) is 0 Å². The zero-order chi connectivity index (χ0) is 14.5. The SMILES string of the molecule is Cc1ccc(C(C)NCc2ccccc2OC(F)F)s1. The summed E-state index contributed by atoms with van der Waals surface area (Å²) in [5.74, 6) is 0.226. The van der Waals surface area contributed by atoms with E-state index < -0.39 is 6.61 Å². The van der Waals surface area contributed by atoms with Crippen molar-refractivity contribution in [2.24, 2.45) is 0 Å². The maximum atomic E-state index is 12.3. The van der Waals surface area contributed by atoms with Crippen molar-refractivity contribution in [2.45, 2.75) is 33.0 Å². The van der Waals surface area contributed by atoms with Crippen LogP contribution in [0.1, 0.15) is 28.3 Å². The first-order valence-electron chi connectivity index (χ1n) is 6.38. The topological polar surface area (TPSA) is 21.3 Å². The zero-order valence-corrected chi connectivity index (χ0v) is 12.2. The van der Waals surface area contributed by atoms with Gasteiger partial charge in [0.1, 0.15) is 5.75 Å². The van der Waals surface area contributed by atoms with E-state index in [1.165, 1.54) is 9.75 Å². The number of rotatable bonds is 6. The van der Waals surface area contributed by atoms with E-state index in [1.54, 1.807) is 29.5 Å². The summed E-state index contributed by atoms with van der Waals surface area (Å²) in [4.78, 5) is 2.49. The molecule has 0 saturated heterocycles. The zero-order valence-electron chi connectivity index (χ0n) is 11.4. The molecule has 1 N–H and O–H groups in total. The van der Waals surface area contributed by atoms with Crippen molar-refractivity contribution < 1.29 is 13.5 Å². The van der Waals surface area contributed by atoms with Gasteiger partial charge < -0.3 is 10.1 Å². The number of benzene rings is 1. The van der Waals surface area contributed by atoms with E-state index in [0.29, 0.717) is 6.54 Å². The summed E-state index contributed by atoms with van der Waals surface area (Å²) >= 11 is 1.73. The third-order valence-corrected chi connectivity index (χ3v) is 4.16. The highest BCUT2D eigenvalue weighted by molar-refractivity contribution is 7.12. The monoisotopic (exact) mass is 297 g/mol. The van der Waals surface area contributed by atoms with Gasteiger partial charge in [-0.3, -0.25) is 0 Å². The average Bonchev–Trinajstić information content (AvgIpc) is 2.83. The van der Waals surface area contributed by atoms with Gasteiger partial charge in [0.2, 0.25) is 0 Å². The molecule has 1 aromatic heterocycles. The molecule has 2 nitrogen and oxygen atoms in total. The minimum atomic E-state index is -2.80. The number of para-hydroxylation sites is 1. The molecule has 0 radical (unpaired) electrons. The second-order valence-corrected chi connectivity index (χ2v) is 5.86. The molecule has 0 amide bonds. The maximum absolute atomic E-state index is 12.3. The molecule has 0 fully saturated rings. The van der Waals surface area contributed by atoms with Crippen molar-refractivity contribution >= 4 is 11.3 Å². The number of nitrogens with one attached hydrogen (secondary N) is 1. The van der Waals surface area contributed by atoms with Crippen LogP contribution < -0.4 is 10.1 Å². The van der Waals surface area contributed by atoms with Crippen LogP contribution in [0.15, 0.2) is 36.4 Å². The van der Waals surface area contributed by atoms with Crippen LogP contribution in [-0.4, -0.2) is 6.61 Å². The van der Waals surface area contributed by atoms with Gasteiger partial charge in [0.15, 0.2) is 0 Å². The molecular weight excluding hydrogens is 280 g/mol. The second-order valence-electron chi connectivity index (χ2n) is 4.54. The largest absolute Gasteiger partial charge is 0.434 e. The average molecular weight is 297 g/mol. The van der Waals surface area contributed by atoms with E-state index in [0.717, 1.165) is 5.56 Å². The molecule has 1 aromatic carbocycles. The quantitative estimate of drug-likeness (QED) is 0.847. The van der Waals surface area contributed by atoms with Gasteiger partial charge >= 0.3 is 6.61 Å². The van der Waals surface area contributed by atoms with Crippen molar-refractivity contribution in [1.82, 2.24) is 5.32 Å². The van der Waals surface area contributed by atoms with Gasteiger partial charge in [0.05, 0.1) is 0 Å². The highest BCUT2D eigenvalue weighted by Gasteiger charge is 2.11. The van der Waals surface area contributed by atoms with Gasteiger partial charge in [-0.2, -0.15) is 8.78 Å². The summed E-state index contributed by atoms with van der Waals surface area (Å²) in [7, 11) is 0. The fourth-order valence-corrected chi connectivity index (χ4v) is 2.81. The molecule has 20 heavy (non-hydrogen) atoms. The molecule has 5 heteroatoms. The lowest BCUT2D eigenvalue weighted by Gasteiger charge is -2.15. The summed E-state index contributed by atoms with van der Waals surface area (Å²) in [6, 6.07) is 11.2. The van der Waals surface area contributed by atoms with E-state index in [9.17, 15) is 8.78 Å². The van der Waals surface area contributed by atoms with Gasteiger partial charge in [-0.15, -0.1) is 11.3 Å². The Morgan fingerprint density at radius 2 is 1.95 bits per heavy atom. The Morgan fingerprint density at radius 3 is 2.60 bits per heavy atom. The molecule has 2 aromatic rings. The summed E-state index contributed by atoms with van der Waals surface area (Å²) in [6.07, 6.45) is 0. The highest BCUT2D eigenvalue weighted by atomic mass is 32.1. The van der Waals surface area contributed by atoms with E-state index in [4.69, 9.17) is 0 Å². The number of aryl methyl sites for hydroxylation is 1. The predicted octanol–water partition coefficient (Wildman–Crippen LogP) is 4.51. The van der Waals surface area contributed by atoms with E-state index in [-0.39, 0.29) is 11.8 Å². The predicted molar refractivity (Wildman–Crippen MR) is 77.4 cm³/mol. The molecule has 0 spiro atoms. The van der Waals surface area contributed by atoms with Crippen molar-refractivity contribution in [3.05, 3.63) is 51.7 Å². The molecule has 0 aliphatic carbocycles. The van der Waals surface area contributed by atoms with Crippen LogP contribution >= 0.6 is 11.3 Å². The van der Waals surface area contributed by atoms with Gasteiger partial charge in [-0.25, -0.2) is 0 Å². The number of alkyl halides is 2. The number of hydrogen-bond donors (Lipinski definition) is 1. The number of hydrogen-bond acceptors (Lipinski definition) is 3. The molecule has 0 aliphatic heterocycles. The Labute approximate surface area is 121 Å². The summed E-state index contributed by atoms with van der Waals surface area (Å²) in [6.45, 7) is 1.81. The lowest BCUT2D eigenvalue weighted by Crippen LogP contribution is -2.18. The molecule has 2 rings (SSSR count). The summed E-state index contributed by atoms with van der Waals surface area (Å²) in [5, 5.41) is 3.33. The number of thiophene rings is 1. The van der Waals surface area contributed by atoms with Gasteiger partial charge in [0.25, 0.3) is 0 Å². The minimum Gasteiger partial charge on any atom is -0.434 e. The Balaban J connectivity index is 2.00. The molecule has 108 valence electrons. The molecule has 0 bridgehead atoms. The molecule has 1 atom stereocenters. The smallest absolute Gasteiger partial charge is 0.387 e. The molecule has 0 saturated carbocycles. The number of halogens is 2. The molecular formula is C15H17F2NOS. The van der Waals surface area contributed by atoms with Gasteiger partial charge in [0, 0.05) is 27.9 Å². The van der Waals surface area contributed by atoms with Gasteiger partial charge in [-0.05, 0) is 32.0 Å². The Kier molecular flexibility index (Phi) is 5.09. The van der Waals surface area contributed by atoms with Gasteiger partial charge in [-0.1, -0.05) is 18.2 Å². The number of ether oxygens (including phenoxy) is 1. The minimum absolute atomic E-state index is 0.174. The fourth-order valence-electron chi connectivity index (χ4n) is 1.91. The lowest BCUT2D eigenvalue weighted by molar-refractivity contribution is -0.0505. The van der Waals surface area contributed by atoms with Crippen LogP contribution in [0.25, 0.3) is 0 Å². The fraction of sp³-hybridized carbons (Fsp3) is 0.333. The third kappa shape index (κ3) is 4.02. The summed E-state index contributed by atoms with van der Waals surface area (Å²) in [5.41, 5.74) is 0.730. The molecule has 0 aliphatic rings. The normalized spacial score (nSPS) is 12.7. The van der Waals surface area contributed by atoms with Crippen molar-refractivity contribution in [3.8, 4) is 5.75 Å². The van der Waals surface area contributed by atoms with E-state index >= 15 is 0 Å². The van der Waals surface area contributed by atoms with Crippen LogP contribution in [-0.2, 0) is 6.54 Å². The Bertz CT molecular complexity index is 556. The Hall–Kier alpha value is -1.46. The third-order valence-electron chi connectivity index (χ3n) is 2.98. The standard InChI is InChI=1S/C15H17F2NOS/c1-10-7-8-14(20-10)11(2)18-9-12-5-3-4-6-13(12)19-15(16)17/h3-8,11,15,18H,9H2,1-2H3. The van der Waals surface area contributed by atoms with E-state index in [1.807, 2.05) is 6.07 Å². The first-order chi connectivity index (χ1) is 9.56. The molecule has 1 unspecified atom stereocenters. The maximum Gasteiger partial charge on any atom is 0.387 e. The highest BCUT2D eigenvalue weighted by Crippen LogP contribution is 2.24. The van der Waals surface area contributed by atoms with Crippen molar-refractivity contribution in [2.75, 3.05) is 0 Å². The van der Waals surface area contributed by atoms with Crippen LogP contribution in [0.3, 0.4) is 0 Å². The van der Waals surface area contributed by atoms with Crippen LogP contribution in [0.5, 0.6) is 5.75 Å². The first kappa shape index (κ1) is 14.9. The first-order valence-corrected chi connectivity index (χ1v) is 7.20. The van der Waals surface area contributed by atoms with E-state index in [2.05, 4.69) is 36.0 Å². The lowest BCUT2D eigenvalue weighted by atomic mass is 10.2. The van der Waals surface area contributed by atoms with Crippen LogP contribution in [0.4, 0.5) is 8.78 Å². The molecule has 1 heterocycles.